The van der Waals surface area contributed by atoms with Crippen LogP contribution in [0.1, 0.15) is 104 Å². The minimum absolute atomic E-state index is 0.0386. The second kappa shape index (κ2) is 21.8. The SMILES string of the molecule is CC(=O)N(c1ccccc1)c1ccc2c(c1)Oc1cc(N(C(=O)C(F)(F)F)c3ccccc3)ccc1C21OC(=O)c2ccc(C(=O)NCCCCCCOP(OCCC#N)N(C(C)C)C(C)C)cc21. The number of para-hydroxylation sites is 2. The summed E-state index contributed by atoms with van der Waals surface area (Å²) in [6, 6.07) is 32.2. The van der Waals surface area contributed by atoms with Gasteiger partial charge in [0.15, 0.2) is 5.60 Å². The van der Waals surface area contributed by atoms with Crippen LogP contribution in [0.2, 0.25) is 0 Å². The minimum Gasteiger partial charge on any atom is -0.456 e. The molecule has 0 saturated heterocycles. The summed E-state index contributed by atoms with van der Waals surface area (Å²) in [5, 5.41) is 12.0. The van der Waals surface area contributed by atoms with Crippen LogP contribution < -0.4 is 19.9 Å². The predicted octanol–water partition coefficient (Wildman–Crippen LogP) is 11.7. The Morgan fingerprint density at radius 3 is 1.86 bits per heavy atom. The van der Waals surface area contributed by atoms with Crippen molar-refractivity contribution in [3.8, 4) is 17.6 Å². The summed E-state index contributed by atoms with van der Waals surface area (Å²) in [6.45, 7) is 10.9. The highest BCUT2D eigenvalue weighted by molar-refractivity contribution is 7.44. The van der Waals surface area contributed by atoms with Gasteiger partial charge in [-0.25, -0.2) is 9.46 Å². The molecule has 2 atom stereocenters. The fourth-order valence-electron chi connectivity index (χ4n) is 8.64. The number of unbranched alkanes of at least 4 members (excludes halogenated alkanes) is 3. The molecule has 1 N–H and O–H groups in total. The molecule has 13 nitrogen and oxygen atoms in total. The fourth-order valence-corrected chi connectivity index (χ4v) is 10.3. The molecule has 360 valence electrons. The molecule has 3 amide bonds. The Morgan fingerprint density at radius 1 is 0.725 bits per heavy atom. The number of fused-ring (bicyclic) bond motifs is 6. The highest BCUT2D eigenvalue weighted by Gasteiger charge is 2.54. The normalized spacial score (nSPS) is 15.2. The van der Waals surface area contributed by atoms with Gasteiger partial charge in [0, 0.05) is 71.3 Å². The van der Waals surface area contributed by atoms with E-state index in [0.29, 0.717) is 48.0 Å². The van der Waals surface area contributed by atoms with Crippen molar-refractivity contribution in [2.75, 3.05) is 29.6 Å². The number of hydrogen-bond acceptors (Lipinski definition) is 10. The fraction of sp³-hybridized carbons (Fsp3) is 0.327. The van der Waals surface area contributed by atoms with Gasteiger partial charge < -0.3 is 23.8 Å². The van der Waals surface area contributed by atoms with Crippen LogP contribution >= 0.6 is 8.53 Å². The third-order valence-electron chi connectivity index (χ3n) is 11.6. The lowest BCUT2D eigenvalue weighted by Crippen LogP contribution is -2.38. The number of benzene rings is 5. The maximum absolute atomic E-state index is 14.2. The van der Waals surface area contributed by atoms with Crippen LogP contribution in [0.3, 0.4) is 0 Å². The number of carbonyl (C=O) groups excluding carboxylic acids is 4. The zero-order valence-corrected chi connectivity index (χ0v) is 39.8. The molecule has 2 aliphatic rings. The number of ether oxygens (including phenoxy) is 2. The molecule has 0 fully saturated rings. The number of halogens is 3. The third-order valence-corrected chi connectivity index (χ3v) is 13.7. The molecule has 2 heterocycles. The number of nitrogens with one attached hydrogen (secondary N) is 1. The van der Waals surface area contributed by atoms with Gasteiger partial charge in [0.05, 0.1) is 42.6 Å². The zero-order valence-electron chi connectivity index (χ0n) is 38.9. The van der Waals surface area contributed by atoms with E-state index in [1.54, 1.807) is 60.7 Å². The molecular weight excluding hydrogens is 911 g/mol. The average molecular weight is 964 g/mol. The summed E-state index contributed by atoms with van der Waals surface area (Å²) in [7, 11) is -1.33. The maximum atomic E-state index is 14.2. The van der Waals surface area contributed by atoms with Crippen molar-refractivity contribution in [3.63, 3.8) is 0 Å². The number of nitrogens with zero attached hydrogens (tertiary/aromatic N) is 4. The number of rotatable bonds is 19. The van der Waals surface area contributed by atoms with Crippen LogP contribution in [0.15, 0.2) is 115 Å². The largest absolute Gasteiger partial charge is 0.472 e. The first-order chi connectivity index (χ1) is 33.1. The highest BCUT2D eigenvalue weighted by Crippen LogP contribution is 2.58. The van der Waals surface area contributed by atoms with E-state index in [1.807, 2.05) is 0 Å². The third kappa shape index (κ3) is 10.8. The number of amides is 3. The average Bonchev–Trinajstić information content (AvgIpc) is 3.60. The minimum atomic E-state index is -5.25. The van der Waals surface area contributed by atoms with Crippen molar-refractivity contribution < 1.29 is 50.9 Å². The molecule has 69 heavy (non-hydrogen) atoms. The van der Waals surface area contributed by atoms with Gasteiger partial charge in [-0.3, -0.25) is 24.2 Å². The first-order valence-electron chi connectivity index (χ1n) is 22.7. The zero-order chi connectivity index (χ0) is 49.5. The van der Waals surface area contributed by atoms with E-state index in [4.69, 9.17) is 23.8 Å². The van der Waals surface area contributed by atoms with Crippen molar-refractivity contribution in [1.82, 2.24) is 9.99 Å². The maximum Gasteiger partial charge on any atom is 0.472 e. The van der Waals surface area contributed by atoms with E-state index in [1.165, 1.54) is 66.4 Å². The number of anilines is 4. The van der Waals surface area contributed by atoms with Gasteiger partial charge in [-0.15, -0.1) is 0 Å². The smallest absolute Gasteiger partial charge is 0.456 e. The number of hydrogen-bond donors (Lipinski definition) is 1. The van der Waals surface area contributed by atoms with E-state index in [9.17, 15) is 32.3 Å². The summed E-state index contributed by atoms with van der Waals surface area (Å²) in [6.07, 6.45) is -1.87. The van der Waals surface area contributed by atoms with Crippen molar-refractivity contribution in [2.24, 2.45) is 0 Å². The van der Waals surface area contributed by atoms with Gasteiger partial charge in [0.2, 0.25) is 5.91 Å². The highest BCUT2D eigenvalue weighted by atomic mass is 31.2. The number of esters is 1. The van der Waals surface area contributed by atoms with E-state index >= 15 is 0 Å². The van der Waals surface area contributed by atoms with Crippen LogP contribution in [-0.2, 0) is 29.0 Å². The van der Waals surface area contributed by atoms with Crippen molar-refractivity contribution in [3.05, 3.63) is 143 Å². The van der Waals surface area contributed by atoms with Gasteiger partial charge in [-0.1, -0.05) is 49.2 Å². The first kappa shape index (κ1) is 50.3. The van der Waals surface area contributed by atoms with E-state index in [2.05, 4.69) is 43.8 Å². The van der Waals surface area contributed by atoms with E-state index < -0.39 is 38.1 Å². The topological polar surface area (TPSA) is 151 Å². The lowest BCUT2D eigenvalue weighted by Gasteiger charge is -2.38. The molecule has 5 aromatic rings. The molecular formula is C52H53F3N5O8P. The van der Waals surface area contributed by atoms with Gasteiger partial charge in [0.25, 0.3) is 14.4 Å². The number of carbonyl (C=O) groups is 4. The Morgan fingerprint density at radius 2 is 1.29 bits per heavy atom. The van der Waals surface area contributed by atoms with Gasteiger partial charge in [-0.05, 0) is 107 Å². The Kier molecular flexibility index (Phi) is 15.9. The molecule has 0 aromatic heterocycles. The molecule has 1 spiro atoms. The lowest BCUT2D eigenvalue weighted by molar-refractivity contribution is -0.169. The summed E-state index contributed by atoms with van der Waals surface area (Å²) >= 11 is 0. The lowest BCUT2D eigenvalue weighted by atomic mass is 9.77. The Hall–Kier alpha value is -6.63. The number of nitriles is 1. The summed E-state index contributed by atoms with van der Waals surface area (Å²) in [4.78, 5) is 56.0. The van der Waals surface area contributed by atoms with Gasteiger partial charge >= 0.3 is 18.1 Å². The Balaban J connectivity index is 1.16. The summed E-state index contributed by atoms with van der Waals surface area (Å²) in [5.74, 6) is -3.53. The van der Waals surface area contributed by atoms with Crippen LogP contribution in [0.4, 0.5) is 35.9 Å². The van der Waals surface area contributed by atoms with Crippen LogP contribution in [0.25, 0.3) is 0 Å². The molecule has 17 heteroatoms. The molecule has 0 saturated carbocycles. The molecule has 0 bridgehead atoms. The molecule has 0 radical (unpaired) electrons. The molecule has 7 rings (SSSR count). The summed E-state index contributed by atoms with van der Waals surface area (Å²) in [5.41, 5.74) is 0.107. The van der Waals surface area contributed by atoms with Crippen molar-refractivity contribution >= 4 is 55.0 Å². The van der Waals surface area contributed by atoms with Gasteiger partial charge in [-0.2, -0.15) is 18.4 Å². The summed E-state index contributed by atoms with van der Waals surface area (Å²) < 4.78 is 69.8. The van der Waals surface area contributed by atoms with Crippen molar-refractivity contribution in [2.45, 2.75) is 90.6 Å². The van der Waals surface area contributed by atoms with Crippen LogP contribution in [0.5, 0.6) is 11.5 Å². The van der Waals surface area contributed by atoms with Crippen LogP contribution in [-0.4, -0.2) is 66.4 Å². The second-order valence-electron chi connectivity index (χ2n) is 17.0. The van der Waals surface area contributed by atoms with E-state index in [-0.39, 0.29) is 69.5 Å². The van der Waals surface area contributed by atoms with Crippen LogP contribution in [0, 0.1) is 11.3 Å². The molecule has 2 aliphatic heterocycles. The monoisotopic (exact) mass is 963 g/mol. The van der Waals surface area contributed by atoms with Gasteiger partial charge in [0.1, 0.15) is 11.5 Å². The van der Waals surface area contributed by atoms with Crippen molar-refractivity contribution in [1.29, 1.82) is 5.26 Å². The van der Waals surface area contributed by atoms with E-state index in [0.717, 1.165) is 19.3 Å². The first-order valence-corrected chi connectivity index (χ1v) is 23.9. The Bertz CT molecular complexity index is 2710. The molecule has 0 aliphatic carbocycles. The quantitative estimate of drug-likeness (QED) is 0.0481. The predicted molar refractivity (Wildman–Crippen MR) is 256 cm³/mol. The second-order valence-corrected chi connectivity index (χ2v) is 18.5. The number of alkyl halides is 3. The Labute approximate surface area is 400 Å². The standard InChI is InChI=1S/C52H53F3N5O8P/c1-34(2)60(35(3)4)69(66-30-16-27-56)65-29-15-7-6-14-28-57-48(62)37-21-24-42-45(31-37)51(68-49(42)63)43-25-22-40(58(36(5)61)38-17-10-8-11-18-38)32-46(43)67-47-33-41(23-26-44(47)51)59(50(64)52(53,54)55)39-19-12-9-13-20-39/h8-13,17-26,31-35H,6-7,14-16,28-30H2,1-5H3,(H,57,62). The molecule has 2 unspecified atom stereocenters. The molecule has 5 aromatic carbocycles.